The Kier molecular flexibility index (Phi) is 6.78. The Balaban J connectivity index is 3.67. The molecular formula is C9H18N2O. The van der Waals surface area contributed by atoms with Crippen LogP contribution in [0.2, 0.25) is 0 Å². The lowest BCUT2D eigenvalue weighted by Gasteiger charge is -2.13. The summed E-state index contributed by atoms with van der Waals surface area (Å²) in [5.41, 5.74) is 0. The normalized spacial score (nSPS) is 12.4. The van der Waals surface area contributed by atoms with Gasteiger partial charge in [0.25, 0.3) is 0 Å². The summed E-state index contributed by atoms with van der Waals surface area (Å²) in [7, 11) is 0. The second-order valence-electron chi connectivity index (χ2n) is 2.56. The first-order valence-electron chi connectivity index (χ1n) is 4.30. The van der Waals surface area contributed by atoms with Crippen molar-refractivity contribution in [1.82, 2.24) is 4.90 Å². The number of nitrogens with two attached hydrogens (primary N) is 1. The molecule has 0 bridgehead atoms. The molecule has 0 aliphatic carbocycles. The first-order chi connectivity index (χ1) is 5.74. The highest BCUT2D eigenvalue weighted by Gasteiger charge is 1.94. The monoisotopic (exact) mass is 170 g/mol. The van der Waals surface area contributed by atoms with E-state index in [0.717, 1.165) is 19.6 Å². The van der Waals surface area contributed by atoms with Crippen LogP contribution in [0, 0.1) is 11.8 Å². The molecule has 0 aliphatic heterocycles. The van der Waals surface area contributed by atoms with Crippen LogP contribution >= 0.6 is 0 Å². The summed E-state index contributed by atoms with van der Waals surface area (Å²) in [6.45, 7) is 8.92. The van der Waals surface area contributed by atoms with Crippen molar-refractivity contribution >= 4 is 0 Å². The minimum atomic E-state index is -0.166. The van der Waals surface area contributed by atoms with Crippen molar-refractivity contribution in [1.29, 1.82) is 0 Å². The van der Waals surface area contributed by atoms with Gasteiger partial charge in [0.2, 0.25) is 0 Å². The van der Waals surface area contributed by atoms with Gasteiger partial charge >= 0.3 is 0 Å². The summed E-state index contributed by atoms with van der Waals surface area (Å²) in [6.07, 6.45) is -0.166. The standard InChI is InChI=1S/C9H18N2O/c1-4-11(5-2)8-6-7-9(3)12-10/h9H,4-5,8,10H2,1-3H3. The smallest absolute Gasteiger partial charge is 0.136 e. The molecule has 0 saturated heterocycles. The fourth-order valence-electron chi connectivity index (χ4n) is 0.782. The van der Waals surface area contributed by atoms with E-state index in [2.05, 4.69) is 35.4 Å². The molecule has 0 radical (unpaired) electrons. The minimum Gasteiger partial charge on any atom is -0.293 e. The van der Waals surface area contributed by atoms with E-state index in [9.17, 15) is 0 Å². The zero-order valence-corrected chi connectivity index (χ0v) is 8.13. The van der Waals surface area contributed by atoms with Gasteiger partial charge in [0.1, 0.15) is 6.10 Å². The summed E-state index contributed by atoms with van der Waals surface area (Å²) in [6, 6.07) is 0. The van der Waals surface area contributed by atoms with Gasteiger partial charge < -0.3 is 0 Å². The van der Waals surface area contributed by atoms with E-state index in [4.69, 9.17) is 5.90 Å². The molecule has 12 heavy (non-hydrogen) atoms. The van der Waals surface area contributed by atoms with Gasteiger partial charge in [-0.3, -0.25) is 9.74 Å². The van der Waals surface area contributed by atoms with Gasteiger partial charge in [-0.25, -0.2) is 5.90 Å². The molecule has 2 N–H and O–H groups in total. The van der Waals surface area contributed by atoms with Crippen LogP contribution in [0.4, 0.5) is 0 Å². The third-order valence-corrected chi connectivity index (χ3v) is 1.71. The lowest BCUT2D eigenvalue weighted by Crippen LogP contribution is -2.23. The highest BCUT2D eigenvalue weighted by Crippen LogP contribution is 1.85. The summed E-state index contributed by atoms with van der Waals surface area (Å²) in [4.78, 5) is 6.74. The zero-order valence-electron chi connectivity index (χ0n) is 8.13. The van der Waals surface area contributed by atoms with Gasteiger partial charge in [-0.05, 0) is 20.0 Å². The Hall–Kier alpha value is -0.560. The van der Waals surface area contributed by atoms with Gasteiger partial charge in [-0.2, -0.15) is 0 Å². The van der Waals surface area contributed by atoms with E-state index >= 15 is 0 Å². The Labute approximate surface area is 74.8 Å². The van der Waals surface area contributed by atoms with E-state index in [1.165, 1.54) is 0 Å². The van der Waals surface area contributed by atoms with E-state index in [1.54, 1.807) is 0 Å². The first-order valence-corrected chi connectivity index (χ1v) is 4.30. The largest absolute Gasteiger partial charge is 0.293 e. The number of nitrogens with zero attached hydrogens (tertiary/aromatic N) is 1. The molecule has 0 aromatic carbocycles. The fourth-order valence-corrected chi connectivity index (χ4v) is 0.782. The third kappa shape index (κ3) is 5.14. The Morgan fingerprint density at radius 3 is 2.42 bits per heavy atom. The third-order valence-electron chi connectivity index (χ3n) is 1.71. The average Bonchev–Trinajstić information content (AvgIpc) is 2.12. The van der Waals surface area contributed by atoms with Crippen molar-refractivity contribution < 1.29 is 4.84 Å². The van der Waals surface area contributed by atoms with Gasteiger partial charge in [0.05, 0.1) is 6.54 Å². The first kappa shape index (κ1) is 11.4. The maximum Gasteiger partial charge on any atom is 0.136 e. The van der Waals surface area contributed by atoms with Gasteiger partial charge in [-0.1, -0.05) is 25.7 Å². The van der Waals surface area contributed by atoms with Crippen LogP contribution in [0.25, 0.3) is 0 Å². The van der Waals surface area contributed by atoms with Crippen LogP contribution in [-0.2, 0) is 4.84 Å². The molecule has 3 nitrogen and oxygen atoms in total. The van der Waals surface area contributed by atoms with Crippen molar-refractivity contribution in [3.05, 3.63) is 0 Å². The molecule has 0 fully saturated rings. The molecule has 1 unspecified atom stereocenters. The van der Waals surface area contributed by atoms with Gasteiger partial charge in [0.15, 0.2) is 0 Å². The molecule has 70 valence electrons. The van der Waals surface area contributed by atoms with Crippen molar-refractivity contribution in [2.75, 3.05) is 19.6 Å². The Bertz CT molecular complexity index is 156. The summed E-state index contributed by atoms with van der Waals surface area (Å²) >= 11 is 0. The maximum atomic E-state index is 4.94. The SMILES string of the molecule is CCN(CC)CC#CC(C)ON. The van der Waals surface area contributed by atoms with Crippen LogP contribution in [0.15, 0.2) is 0 Å². The summed E-state index contributed by atoms with van der Waals surface area (Å²) in [5.74, 6) is 10.8. The van der Waals surface area contributed by atoms with Crippen LogP contribution in [0.1, 0.15) is 20.8 Å². The van der Waals surface area contributed by atoms with E-state index in [0.29, 0.717) is 0 Å². The lowest BCUT2D eigenvalue weighted by atomic mass is 10.4. The highest BCUT2D eigenvalue weighted by atomic mass is 16.6. The average molecular weight is 170 g/mol. The minimum absolute atomic E-state index is 0.166. The topological polar surface area (TPSA) is 38.5 Å². The highest BCUT2D eigenvalue weighted by molar-refractivity contribution is 5.05. The maximum absolute atomic E-state index is 4.94. The predicted molar refractivity (Wildman–Crippen MR) is 50.3 cm³/mol. The molecule has 1 atom stereocenters. The molecule has 0 aliphatic rings. The number of hydrogen-bond acceptors (Lipinski definition) is 3. The molecule has 3 heteroatoms. The fraction of sp³-hybridized carbons (Fsp3) is 0.778. The second-order valence-corrected chi connectivity index (χ2v) is 2.56. The predicted octanol–water partition coefficient (Wildman–Crippen LogP) is 0.610. The van der Waals surface area contributed by atoms with E-state index in [1.807, 2.05) is 6.92 Å². The Morgan fingerprint density at radius 1 is 1.42 bits per heavy atom. The second kappa shape index (κ2) is 7.11. The molecular weight excluding hydrogens is 152 g/mol. The van der Waals surface area contributed by atoms with Gasteiger partial charge in [-0.15, -0.1) is 0 Å². The number of hydrogen-bond donors (Lipinski definition) is 1. The summed E-state index contributed by atoms with van der Waals surface area (Å²) in [5, 5.41) is 0. The quantitative estimate of drug-likeness (QED) is 0.496. The van der Waals surface area contributed by atoms with Crippen molar-refractivity contribution in [3.63, 3.8) is 0 Å². The van der Waals surface area contributed by atoms with Crippen LogP contribution in [0.5, 0.6) is 0 Å². The van der Waals surface area contributed by atoms with Crippen molar-refractivity contribution in [2.45, 2.75) is 26.9 Å². The van der Waals surface area contributed by atoms with Gasteiger partial charge in [0, 0.05) is 0 Å². The molecule has 0 spiro atoms. The summed E-state index contributed by atoms with van der Waals surface area (Å²) < 4.78 is 0. The number of rotatable bonds is 4. The van der Waals surface area contributed by atoms with Crippen molar-refractivity contribution in [3.8, 4) is 11.8 Å². The molecule has 0 aromatic heterocycles. The molecule has 0 aromatic rings. The zero-order chi connectivity index (χ0) is 9.40. The molecule has 0 heterocycles. The molecule has 0 saturated carbocycles. The Morgan fingerprint density at radius 2 is 2.00 bits per heavy atom. The molecule has 0 amide bonds. The van der Waals surface area contributed by atoms with Crippen molar-refractivity contribution in [2.24, 2.45) is 5.90 Å². The lowest BCUT2D eigenvalue weighted by molar-refractivity contribution is 0.106. The van der Waals surface area contributed by atoms with E-state index in [-0.39, 0.29) is 6.10 Å². The van der Waals surface area contributed by atoms with Crippen LogP contribution in [0.3, 0.4) is 0 Å². The van der Waals surface area contributed by atoms with E-state index < -0.39 is 0 Å². The molecule has 0 rings (SSSR count). The van der Waals surface area contributed by atoms with Crippen LogP contribution in [-0.4, -0.2) is 30.6 Å². The van der Waals surface area contributed by atoms with Crippen LogP contribution < -0.4 is 5.90 Å².